The van der Waals surface area contributed by atoms with E-state index < -0.39 is 34.1 Å². The topological polar surface area (TPSA) is 129 Å². The standard InChI is InChI=1S/C29H40N4O5S2/c1-6-20(4)16-33(40(37,38)23-12-13-24-27(15-23)39-18-30-24)17-26(35)25(14-22-10-8-7-9-11-22)32-29(36)28(19(2)3)31-21(5)34/h7-13,15,18-20,25-26,28,35H,6,14,16-17H2,1-5H3,(H,31,34)(H,32,36)/t20?,25?,26?,28-/m0/s1. The fraction of sp³-hybridized carbons (Fsp3) is 0.483. The van der Waals surface area contributed by atoms with Crippen molar-refractivity contribution in [1.29, 1.82) is 0 Å². The molecule has 2 aromatic carbocycles. The smallest absolute Gasteiger partial charge is 0.243 e. The van der Waals surface area contributed by atoms with E-state index in [4.69, 9.17) is 0 Å². The predicted octanol–water partition coefficient (Wildman–Crippen LogP) is 3.58. The van der Waals surface area contributed by atoms with Gasteiger partial charge in [-0.15, -0.1) is 11.3 Å². The second kappa shape index (κ2) is 14.2. The molecule has 0 saturated heterocycles. The molecule has 0 aliphatic heterocycles. The summed E-state index contributed by atoms with van der Waals surface area (Å²) in [6, 6.07) is 12.6. The summed E-state index contributed by atoms with van der Waals surface area (Å²) in [4.78, 5) is 29.4. The first-order chi connectivity index (χ1) is 18.9. The summed E-state index contributed by atoms with van der Waals surface area (Å²) in [6.07, 6.45) is -0.185. The van der Waals surface area contributed by atoms with Gasteiger partial charge >= 0.3 is 0 Å². The summed E-state index contributed by atoms with van der Waals surface area (Å²) in [5.41, 5.74) is 3.27. The molecule has 9 nitrogen and oxygen atoms in total. The average molecular weight is 589 g/mol. The highest BCUT2D eigenvalue weighted by Gasteiger charge is 2.33. The SMILES string of the molecule is CCC(C)CN(CC(O)C(Cc1ccccc1)NC(=O)[C@@H](NC(C)=O)C(C)C)S(=O)(=O)c1ccc2ncsc2c1. The van der Waals surface area contributed by atoms with Gasteiger partial charge in [-0.3, -0.25) is 9.59 Å². The molecule has 218 valence electrons. The molecular formula is C29H40N4O5S2. The largest absolute Gasteiger partial charge is 0.390 e. The third kappa shape index (κ3) is 8.33. The molecule has 0 spiro atoms. The van der Waals surface area contributed by atoms with Crippen LogP contribution in [-0.2, 0) is 26.0 Å². The van der Waals surface area contributed by atoms with Crippen molar-refractivity contribution >= 4 is 43.4 Å². The van der Waals surface area contributed by atoms with E-state index in [1.165, 1.54) is 28.6 Å². The number of carbonyl (C=O) groups is 2. The van der Waals surface area contributed by atoms with Crippen LogP contribution >= 0.6 is 11.3 Å². The van der Waals surface area contributed by atoms with E-state index >= 15 is 0 Å². The number of rotatable bonds is 14. The monoisotopic (exact) mass is 588 g/mol. The summed E-state index contributed by atoms with van der Waals surface area (Å²) in [5, 5.41) is 17.1. The predicted molar refractivity (Wildman–Crippen MR) is 158 cm³/mol. The summed E-state index contributed by atoms with van der Waals surface area (Å²) in [6.45, 7) is 8.94. The van der Waals surface area contributed by atoms with Gasteiger partial charge in [0.15, 0.2) is 0 Å². The molecule has 1 heterocycles. The van der Waals surface area contributed by atoms with E-state index in [-0.39, 0.29) is 42.1 Å². The number of aromatic nitrogens is 1. The van der Waals surface area contributed by atoms with Crippen molar-refractivity contribution in [3.8, 4) is 0 Å². The molecule has 0 aliphatic carbocycles. The minimum Gasteiger partial charge on any atom is -0.390 e. The Hall–Kier alpha value is -2.86. The number of aliphatic hydroxyl groups is 1. The van der Waals surface area contributed by atoms with Gasteiger partial charge in [-0.1, -0.05) is 64.4 Å². The normalized spacial score (nSPS) is 15.1. The van der Waals surface area contributed by atoms with Gasteiger partial charge < -0.3 is 15.7 Å². The first-order valence-electron chi connectivity index (χ1n) is 13.5. The Bertz CT molecular complexity index is 1380. The van der Waals surface area contributed by atoms with Gasteiger partial charge in [-0.25, -0.2) is 13.4 Å². The number of hydrogen-bond acceptors (Lipinski definition) is 7. The maximum Gasteiger partial charge on any atom is 0.243 e. The van der Waals surface area contributed by atoms with Gasteiger partial charge in [0.1, 0.15) is 6.04 Å². The molecule has 3 unspecified atom stereocenters. The lowest BCUT2D eigenvalue weighted by Gasteiger charge is -2.32. The lowest BCUT2D eigenvalue weighted by Crippen LogP contribution is -2.56. The molecule has 40 heavy (non-hydrogen) atoms. The number of nitrogens with one attached hydrogen (secondary N) is 2. The Kier molecular flexibility index (Phi) is 11.2. The van der Waals surface area contributed by atoms with Gasteiger partial charge in [-0.2, -0.15) is 4.31 Å². The molecular weight excluding hydrogens is 548 g/mol. The van der Waals surface area contributed by atoms with Crippen LogP contribution in [0.1, 0.15) is 46.6 Å². The van der Waals surface area contributed by atoms with Crippen LogP contribution < -0.4 is 10.6 Å². The zero-order valence-corrected chi connectivity index (χ0v) is 25.3. The number of sulfonamides is 1. The lowest BCUT2D eigenvalue weighted by atomic mass is 9.98. The van der Waals surface area contributed by atoms with Crippen molar-refractivity contribution in [2.75, 3.05) is 13.1 Å². The van der Waals surface area contributed by atoms with E-state index in [0.29, 0.717) is 0 Å². The Morgan fingerprint density at radius 1 is 1.05 bits per heavy atom. The van der Waals surface area contributed by atoms with E-state index in [2.05, 4.69) is 15.6 Å². The molecule has 0 fully saturated rings. The van der Waals surface area contributed by atoms with Crippen LogP contribution in [0, 0.1) is 11.8 Å². The van der Waals surface area contributed by atoms with Crippen molar-refractivity contribution in [1.82, 2.24) is 19.9 Å². The van der Waals surface area contributed by atoms with Crippen molar-refractivity contribution < 1.29 is 23.1 Å². The molecule has 11 heteroatoms. The summed E-state index contributed by atoms with van der Waals surface area (Å²) < 4.78 is 29.8. The maximum absolute atomic E-state index is 13.9. The molecule has 1 aromatic heterocycles. The summed E-state index contributed by atoms with van der Waals surface area (Å²) in [7, 11) is -3.97. The first kappa shape index (κ1) is 31.7. The first-order valence-corrected chi connectivity index (χ1v) is 15.9. The Morgan fingerprint density at radius 2 is 1.75 bits per heavy atom. The second-order valence-electron chi connectivity index (χ2n) is 10.6. The van der Waals surface area contributed by atoms with Gasteiger partial charge in [0.25, 0.3) is 0 Å². The molecule has 4 atom stereocenters. The quantitative estimate of drug-likeness (QED) is 0.264. The zero-order valence-electron chi connectivity index (χ0n) is 23.7. The Morgan fingerprint density at radius 3 is 2.38 bits per heavy atom. The number of nitrogens with zero attached hydrogens (tertiary/aromatic N) is 2. The highest BCUT2D eigenvalue weighted by molar-refractivity contribution is 7.89. The van der Waals surface area contributed by atoms with Gasteiger partial charge in [0, 0.05) is 20.0 Å². The van der Waals surface area contributed by atoms with Crippen LogP contribution in [0.2, 0.25) is 0 Å². The van der Waals surface area contributed by atoms with Gasteiger partial charge in [0.2, 0.25) is 21.8 Å². The number of amides is 2. The second-order valence-corrected chi connectivity index (χ2v) is 13.4. The number of aliphatic hydroxyl groups excluding tert-OH is 1. The number of fused-ring (bicyclic) bond motifs is 1. The third-order valence-electron chi connectivity index (χ3n) is 6.94. The van der Waals surface area contributed by atoms with Crippen molar-refractivity contribution in [2.24, 2.45) is 11.8 Å². The fourth-order valence-electron chi connectivity index (χ4n) is 4.41. The van der Waals surface area contributed by atoms with Crippen LogP contribution in [0.15, 0.2) is 58.9 Å². The number of benzene rings is 2. The highest BCUT2D eigenvalue weighted by Crippen LogP contribution is 2.25. The van der Waals surface area contributed by atoms with Crippen LogP contribution in [-0.4, -0.2) is 65.9 Å². The molecule has 0 aliphatic rings. The fourth-order valence-corrected chi connectivity index (χ4v) is 6.80. The van der Waals surface area contributed by atoms with Gasteiger partial charge in [-0.05, 0) is 42.0 Å². The zero-order chi connectivity index (χ0) is 29.4. The molecule has 3 N–H and O–H groups in total. The van der Waals surface area contributed by atoms with E-state index in [1.807, 2.05) is 58.0 Å². The van der Waals surface area contributed by atoms with E-state index in [0.717, 1.165) is 22.2 Å². The number of thiazole rings is 1. The van der Waals surface area contributed by atoms with E-state index in [1.54, 1.807) is 17.6 Å². The van der Waals surface area contributed by atoms with Crippen molar-refractivity contribution in [3.63, 3.8) is 0 Å². The minimum atomic E-state index is -3.97. The third-order valence-corrected chi connectivity index (χ3v) is 9.56. The summed E-state index contributed by atoms with van der Waals surface area (Å²) >= 11 is 1.36. The minimum absolute atomic E-state index is 0.0429. The number of hydrogen-bond donors (Lipinski definition) is 3. The van der Waals surface area contributed by atoms with Crippen LogP contribution in [0.4, 0.5) is 0 Å². The van der Waals surface area contributed by atoms with Crippen LogP contribution in [0.5, 0.6) is 0 Å². The lowest BCUT2D eigenvalue weighted by molar-refractivity contribution is -0.130. The maximum atomic E-state index is 13.9. The molecule has 0 saturated carbocycles. The highest BCUT2D eigenvalue weighted by atomic mass is 32.2. The molecule has 0 bridgehead atoms. The average Bonchev–Trinajstić information content (AvgIpc) is 3.39. The van der Waals surface area contributed by atoms with Gasteiger partial charge in [0.05, 0.1) is 32.8 Å². The van der Waals surface area contributed by atoms with Crippen LogP contribution in [0.25, 0.3) is 10.2 Å². The Labute approximate surface area is 241 Å². The molecule has 2 amide bonds. The van der Waals surface area contributed by atoms with Crippen molar-refractivity contribution in [2.45, 2.75) is 70.5 Å². The van der Waals surface area contributed by atoms with E-state index in [9.17, 15) is 23.1 Å². The van der Waals surface area contributed by atoms with Crippen LogP contribution in [0.3, 0.4) is 0 Å². The number of carbonyl (C=O) groups excluding carboxylic acids is 2. The molecule has 0 radical (unpaired) electrons. The van der Waals surface area contributed by atoms with Crippen molar-refractivity contribution in [3.05, 3.63) is 59.6 Å². The molecule has 3 aromatic rings. The Balaban J connectivity index is 1.92. The molecule has 3 rings (SSSR count). The summed E-state index contributed by atoms with van der Waals surface area (Å²) in [5.74, 6) is -0.918.